The zero-order valence-corrected chi connectivity index (χ0v) is 43.3. The van der Waals surface area contributed by atoms with Crippen molar-refractivity contribution in [1.29, 1.82) is 0 Å². The predicted octanol–water partition coefficient (Wildman–Crippen LogP) is 18.9. The molecule has 0 saturated heterocycles. The van der Waals surface area contributed by atoms with Crippen molar-refractivity contribution in [3.63, 3.8) is 0 Å². The van der Waals surface area contributed by atoms with Gasteiger partial charge in [0.05, 0.1) is 0 Å². The highest BCUT2D eigenvalue weighted by Gasteiger charge is 2.19. The third-order valence-corrected chi connectivity index (χ3v) is 13.0. The third kappa shape index (κ3) is 51.1. The summed E-state index contributed by atoms with van der Waals surface area (Å²) in [7, 11) is 0. The average molecular weight is 904 g/mol. The van der Waals surface area contributed by atoms with Crippen LogP contribution in [-0.4, -0.2) is 37.2 Å². The molecule has 0 aliphatic rings. The number of carbonyl (C=O) groups excluding carboxylic acids is 3. The minimum atomic E-state index is -0.766. The van der Waals surface area contributed by atoms with Gasteiger partial charge in [-0.2, -0.15) is 0 Å². The number of rotatable bonds is 53. The van der Waals surface area contributed by atoms with Crippen molar-refractivity contribution in [2.45, 2.75) is 329 Å². The van der Waals surface area contributed by atoms with Crippen molar-refractivity contribution in [1.82, 2.24) is 0 Å². The molecule has 0 radical (unpaired) electrons. The van der Waals surface area contributed by atoms with Crippen molar-refractivity contribution < 1.29 is 28.6 Å². The van der Waals surface area contributed by atoms with Crippen molar-refractivity contribution in [3.8, 4) is 0 Å². The molecule has 0 aromatic carbocycles. The zero-order chi connectivity index (χ0) is 46.5. The number of allylic oxidation sites excluding steroid dienone is 2. The summed E-state index contributed by atoms with van der Waals surface area (Å²) in [6.45, 7) is 6.68. The SMILES string of the molecule is CCCCCC/C=C/CCCCCCCCCC(=O)O[C@H](COC(=O)CCCCCCCCCCCCCCC)COC(=O)CCCCCCCCCCCCCCCCCCCC. The van der Waals surface area contributed by atoms with Gasteiger partial charge in [0.2, 0.25) is 0 Å². The quantitative estimate of drug-likeness (QED) is 0.0262. The Morgan fingerprint density at radius 2 is 0.516 bits per heavy atom. The van der Waals surface area contributed by atoms with Crippen LogP contribution in [0.5, 0.6) is 0 Å². The zero-order valence-electron chi connectivity index (χ0n) is 43.3. The second kappa shape index (κ2) is 53.8. The van der Waals surface area contributed by atoms with E-state index in [1.807, 2.05) is 0 Å². The highest BCUT2D eigenvalue weighted by Crippen LogP contribution is 2.17. The maximum Gasteiger partial charge on any atom is 0.306 e. The Morgan fingerprint density at radius 3 is 0.797 bits per heavy atom. The highest BCUT2D eigenvalue weighted by atomic mass is 16.6. The van der Waals surface area contributed by atoms with Gasteiger partial charge < -0.3 is 14.2 Å². The average Bonchev–Trinajstić information content (AvgIpc) is 3.29. The molecule has 0 saturated carbocycles. The minimum absolute atomic E-state index is 0.0658. The molecule has 0 aromatic rings. The van der Waals surface area contributed by atoms with Gasteiger partial charge in [0.15, 0.2) is 6.10 Å². The van der Waals surface area contributed by atoms with Crippen molar-refractivity contribution in [2.75, 3.05) is 13.2 Å². The van der Waals surface area contributed by atoms with Gasteiger partial charge in [0.25, 0.3) is 0 Å². The molecule has 6 nitrogen and oxygen atoms in total. The lowest BCUT2D eigenvalue weighted by Crippen LogP contribution is -2.30. The number of unbranched alkanes of at least 4 members (excludes halogenated alkanes) is 40. The van der Waals surface area contributed by atoms with Crippen molar-refractivity contribution in [3.05, 3.63) is 12.2 Å². The lowest BCUT2D eigenvalue weighted by atomic mass is 10.0. The van der Waals surface area contributed by atoms with E-state index in [1.165, 1.54) is 225 Å². The Kier molecular flexibility index (Phi) is 52.2. The second-order valence-corrected chi connectivity index (χ2v) is 19.6. The summed E-state index contributed by atoms with van der Waals surface area (Å²) in [5.74, 6) is -0.847. The fraction of sp³-hybridized carbons (Fsp3) is 0.914. The molecule has 378 valence electrons. The number of hydrogen-bond acceptors (Lipinski definition) is 6. The summed E-state index contributed by atoms with van der Waals surface area (Å²) in [5.41, 5.74) is 0. The summed E-state index contributed by atoms with van der Waals surface area (Å²) in [4.78, 5) is 38.1. The Labute approximate surface area is 399 Å². The molecule has 0 rings (SSSR count). The normalized spacial score (nSPS) is 12.0. The van der Waals surface area contributed by atoms with Crippen molar-refractivity contribution in [2.24, 2.45) is 0 Å². The Hall–Kier alpha value is -1.85. The first-order valence-corrected chi connectivity index (χ1v) is 28.7. The summed E-state index contributed by atoms with van der Waals surface area (Å²) in [6, 6.07) is 0. The van der Waals surface area contributed by atoms with Crippen LogP contribution in [0.3, 0.4) is 0 Å². The van der Waals surface area contributed by atoms with E-state index in [0.29, 0.717) is 19.3 Å². The molecule has 0 aliphatic carbocycles. The maximum absolute atomic E-state index is 12.8. The number of esters is 3. The molecule has 1 atom stereocenters. The molecule has 0 fully saturated rings. The van der Waals surface area contributed by atoms with Crippen LogP contribution < -0.4 is 0 Å². The monoisotopic (exact) mass is 903 g/mol. The van der Waals surface area contributed by atoms with Gasteiger partial charge in [-0.3, -0.25) is 14.4 Å². The fourth-order valence-electron chi connectivity index (χ4n) is 8.68. The lowest BCUT2D eigenvalue weighted by Gasteiger charge is -2.18. The molecule has 0 bridgehead atoms. The summed E-state index contributed by atoms with van der Waals surface area (Å²) in [5, 5.41) is 0. The largest absolute Gasteiger partial charge is 0.462 e. The van der Waals surface area contributed by atoms with Gasteiger partial charge in [-0.1, -0.05) is 270 Å². The van der Waals surface area contributed by atoms with Gasteiger partial charge in [-0.05, 0) is 44.9 Å². The molecule has 0 spiro atoms. The van der Waals surface area contributed by atoms with E-state index in [4.69, 9.17) is 14.2 Å². The van der Waals surface area contributed by atoms with Crippen LogP contribution in [0.2, 0.25) is 0 Å². The Bertz CT molecular complexity index is 993. The molecule has 0 aromatic heterocycles. The van der Waals surface area contributed by atoms with E-state index >= 15 is 0 Å². The second-order valence-electron chi connectivity index (χ2n) is 19.6. The smallest absolute Gasteiger partial charge is 0.306 e. The summed E-state index contributed by atoms with van der Waals surface area (Å²) in [6.07, 6.45) is 60.5. The molecule has 0 N–H and O–H groups in total. The Morgan fingerprint density at radius 1 is 0.297 bits per heavy atom. The van der Waals surface area contributed by atoms with Crippen LogP contribution in [0.4, 0.5) is 0 Å². The maximum atomic E-state index is 12.8. The van der Waals surface area contributed by atoms with Crippen LogP contribution in [0.25, 0.3) is 0 Å². The summed E-state index contributed by atoms with van der Waals surface area (Å²) >= 11 is 0. The van der Waals surface area contributed by atoms with E-state index < -0.39 is 6.10 Å². The van der Waals surface area contributed by atoms with Gasteiger partial charge in [-0.25, -0.2) is 0 Å². The standard InChI is InChI=1S/C58H110O6/c1-4-7-10-13-16-19-22-25-27-28-29-31-33-36-39-42-45-48-51-57(60)63-54-55(53-62-56(59)50-47-44-41-38-35-32-24-21-18-15-12-9-6-3)64-58(61)52-49-46-43-40-37-34-30-26-23-20-17-14-11-8-5-2/h20,23,55H,4-19,21-22,24-54H2,1-3H3/b23-20+/t55-/m1/s1. The molecule has 64 heavy (non-hydrogen) atoms. The van der Waals surface area contributed by atoms with Gasteiger partial charge in [-0.15, -0.1) is 0 Å². The number of hydrogen-bond donors (Lipinski definition) is 0. The van der Waals surface area contributed by atoms with Crippen LogP contribution in [0, 0.1) is 0 Å². The first-order chi connectivity index (χ1) is 31.5. The predicted molar refractivity (Wildman–Crippen MR) is 275 cm³/mol. The third-order valence-electron chi connectivity index (χ3n) is 13.0. The first-order valence-electron chi connectivity index (χ1n) is 28.7. The van der Waals surface area contributed by atoms with Crippen molar-refractivity contribution >= 4 is 17.9 Å². The van der Waals surface area contributed by atoms with Gasteiger partial charge >= 0.3 is 17.9 Å². The van der Waals surface area contributed by atoms with Gasteiger partial charge in [0.1, 0.15) is 13.2 Å². The van der Waals surface area contributed by atoms with E-state index in [2.05, 4.69) is 32.9 Å². The molecular weight excluding hydrogens is 793 g/mol. The molecule has 0 heterocycles. The van der Waals surface area contributed by atoms with Crippen LogP contribution in [0.1, 0.15) is 323 Å². The highest BCUT2D eigenvalue weighted by molar-refractivity contribution is 5.71. The van der Waals surface area contributed by atoms with E-state index in [-0.39, 0.29) is 31.1 Å². The van der Waals surface area contributed by atoms with Gasteiger partial charge in [0, 0.05) is 19.3 Å². The Balaban J connectivity index is 4.29. The van der Waals surface area contributed by atoms with E-state index in [0.717, 1.165) is 57.8 Å². The molecule has 0 amide bonds. The molecular formula is C58H110O6. The number of ether oxygens (including phenoxy) is 3. The van der Waals surface area contributed by atoms with E-state index in [9.17, 15) is 14.4 Å². The minimum Gasteiger partial charge on any atom is -0.462 e. The van der Waals surface area contributed by atoms with Crippen LogP contribution >= 0.6 is 0 Å². The molecule has 6 heteroatoms. The fourth-order valence-corrected chi connectivity index (χ4v) is 8.68. The molecule has 0 aliphatic heterocycles. The van der Waals surface area contributed by atoms with E-state index in [1.54, 1.807) is 0 Å². The first kappa shape index (κ1) is 62.1. The topological polar surface area (TPSA) is 78.9 Å². The lowest BCUT2D eigenvalue weighted by molar-refractivity contribution is -0.167. The van der Waals surface area contributed by atoms with Crippen LogP contribution in [0.15, 0.2) is 12.2 Å². The summed E-state index contributed by atoms with van der Waals surface area (Å²) < 4.78 is 16.9. The van der Waals surface area contributed by atoms with Crippen LogP contribution in [-0.2, 0) is 28.6 Å². The molecule has 0 unspecified atom stereocenters. The number of carbonyl (C=O) groups is 3.